The van der Waals surface area contributed by atoms with Crippen LogP contribution in [-0.2, 0) is 24.0 Å². The molecule has 0 aromatic heterocycles. The topological polar surface area (TPSA) is 185 Å². The maximum Gasteiger partial charge on any atom is 0.326 e. The van der Waals surface area contributed by atoms with E-state index in [2.05, 4.69) is 10.6 Å². The highest BCUT2D eigenvalue weighted by Crippen LogP contribution is 2.17. The molecule has 3 atom stereocenters. The number of carbonyl (C=O) groups is 5. The van der Waals surface area contributed by atoms with E-state index < -0.39 is 60.1 Å². The van der Waals surface area contributed by atoms with Gasteiger partial charge in [-0.2, -0.15) is 0 Å². The lowest BCUT2D eigenvalue weighted by Crippen LogP contribution is -2.57. The first-order valence-corrected chi connectivity index (χ1v) is 8.69. The van der Waals surface area contributed by atoms with E-state index in [9.17, 15) is 29.1 Å². The molecule has 1 fully saturated rings. The summed E-state index contributed by atoms with van der Waals surface area (Å²) in [7, 11) is 0. The molecule has 1 heterocycles. The summed E-state index contributed by atoms with van der Waals surface area (Å²) >= 11 is 0. The molecule has 27 heavy (non-hydrogen) atoms. The average Bonchev–Trinajstić information content (AvgIpc) is 3.06. The molecule has 152 valence electrons. The molecule has 0 aliphatic carbocycles. The first-order valence-electron chi connectivity index (χ1n) is 8.69. The molecule has 1 aliphatic heterocycles. The zero-order chi connectivity index (χ0) is 20.7. The number of amides is 4. The van der Waals surface area contributed by atoms with Crippen LogP contribution in [0.5, 0.6) is 0 Å². The predicted octanol–water partition coefficient (Wildman–Crippen LogP) is -2.48. The minimum atomic E-state index is -1.34. The lowest BCUT2D eigenvalue weighted by molar-refractivity contribution is -0.144. The summed E-state index contributed by atoms with van der Waals surface area (Å²) in [5.41, 5.74) is 10.5. The van der Waals surface area contributed by atoms with E-state index in [-0.39, 0.29) is 6.54 Å². The molecule has 11 nitrogen and oxygen atoms in total. The Balaban J connectivity index is 2.88. The van der Waals surface area contributed by atoms with Gasteiger partial charge >= 0.3 is 5.97 Å². The highest BCUT2D eigenvalue weighted by Gasteiger charge is 2.36. The van der Waals surface area contributed by atoms with Gasteiger partial charge < -0.3 is 32.1 Å². The van der Waals surface area contributed by atoms with E-state index >= 15 is 0 Å². The summed E-state index contributed by atoms with van der Waals surface area (Å²) in [5.74, 6) is -4.34. The maximum absolute atomic E-state index is 12.5. The first kappa shape index (κ1) is 22.4. The molecule has 0 aromatic carbocycles. The summed E-state index contributed by atoms with van der Waals surface area (Å²) in [6, 6.07) is -3.33. The lowest BCUT2D eigenvalue weighted by atomic mass is 10.0. The number of hydrogen-bond donors (Lipinski definition) is 5. The molecule has 0 aromatic rings. The van der Waals surface area contributed by atoms with E-state index in [4.69, 9.17) is 11.5 Å². The first-order chi connectivity index (χ1) is 12.6. The third-order valence-electron chi connectivity index (χ3n) is 4.32. The summed E-state index contributed by atoms with van der Waals surface area (Å²) in [4.78, 5) is 60.6. The largest absolute Gasteiger partial charge is 0.480 e. The van der Waals surface area contributed by atoms with Crippen molar-refractivity contribution in [2.45, 2.75) is 51.2 Å². The minimum absolute atomic E-state index is 0.246. The summed E-state index contributed by atoms with van der Waals surface area (Å²) in [5, 5.41) is 13.9. The van der Waals surface area contributed by atoms with Gasteiger partial charge in [-0.15, -0.1) is 0 Å². The Hall–Kier alpha value is -2.69. The lowest BCUT2D eigenvalue weighted by Gasteiger charge is -2.27. The SMILES string of the molecule is CC(C)C(NC(=O)C(CC(N)=O)NC(=O)C1CCCN1C(=O)CN)C(=O)O. The highest BCUT2D eigenvalue weighted by molar-refractivity contribution is 5.96. The molecule has 11 heteroatoms. The van der Waals surface area contributed by atoms with Crippen LogP contribution in [0.1, 0.15) is 33.1 Å². The number of carboxylic acid groups (broad SMARTS) is 1. The van der Waals surface area contributed by atoms with Crippen LogP contribution in [0.25, 0.3) is 0 Å². The fourth-order valence-corrected chi connectivity index (χ4v) is 2.90. The second-order valence-corrected chi connectivity index (χ2v) is 6.75. The van der Waals surface area contributed by atoms with E-state index in [0.29, 0.717) is 19.4 Å². The number of carbonyl (C=O) groups excluding carboxylic acids is 4. The molecular formula is C16H27N5O6. The van der Waals surface area contributed by atoms with Crippen LogP contribution in [0, 0.1) is 5.92 Å². The number of nitrogens with two attached hydrogens (primary N) is 2. The van der Waals surface area contributed by atoms with Crippen LogP contribution in [-0.4, -0.2) is 70.8 Å². The highest BCUT2D eigenvalue weighted by atomic mass is 16.4. The number of hydrogen-bond acceptors (Lipinski definition) is 6. The summed E-state index contributed by atoms with van der Waals surface area (Å²) in [6.45, 7) is 3.34. The van der Waals surface area contributed by atoms with Crippen LogP contribution in [0.4, 0.5) is 0 Å². The predicted molar refractivity (Wildman–Crippen MR) is 93.9 cm³/mol. The van der Waals surface area contributed by atoms with Crippen molar-refractivity contribution >= 4 is 29.6 Å². The smallest absolute Gasteiger partial charge is 0.326 e. The maximum atomic E-state index is 12.5. The van der Waals surface area contributed by atoms with Gasteiger partial charge in [-0.05, 0) is 18.8 Å². The number of likely N-dealkylation sites (tertiary alicyclic amines) is 1. The number of rotatable bonds is 9. The molecule has 0 spiro atoms. The fourth-order valence-electron chi connectivity index (χ4n) is 2.90. The molecule has 3 unspecified atom stereocenters. The normalized spacial score (nSPS) is 18.7. The van der Waals surface area contributed by atoms with Crippen molar-refractivity contribution in [2.75, 3.05) is 13.1 Å². The molecule has 4 amide bonds. The van der Waals surface area contributed by atoms with Crippen molar-refractivity contribution in [1.82, 2.24) is 15.5 Å². The zero-order valence-corrected chi connectivity index (χ0v) is 15.4. The van der Waals surface area contributed by atoms with Crippen LogP contribution >= 0.6 is 0 Å². The van der Waals surface area contributed by atoms with Crippen LogP contribution in [0.2, 0.25) is 0 Å². The van der Waals surface area contributed by atoms with Gasteiger partial charge in [0.1, 0.15) is 18.1 Å². The van der Waals surface area contributed by atoms with Gasteiger partial charge in [0.15, 0.2) is 0 Å². The average molecular weight is 385 g/mol. The van der Waals surface area contributed by atoms with E-state index in [1.807, 2.05) is 0 Å². The Morgan fingerprint density at radius 2 is 1.81 bits per heavy atom. The van der Waals surface area contributed by atoms with Gasteiger partial charge in [0.2, 0.25) is 23.6 Å². The molecule has 1 aliphatic rings. The van der Waals surface area contributed by atoms with Gasteiger partial charge in [-0.25, -0.2) is 4.79 Å². The Labute approximate surface area is 156 Å². The van der Waals surface area contributed by atoms with E-state index in [1.165, 1.54) is 4.90 Å². The van der Waals surface area contributed by atoms with Crippen LogP contribution in [0.3, 0.4) is 0 Å². The molecular weight excluding hydrogens is 358 g/mol. The number of primary amides is 1. The van der Waals surface area contributed by atoms with Gasteiger partial charge in [0, 0.05) is 6.54 Å². The van der Waals surface area contributed by atoms with Crippen molar-refractivity contribution in [3.8, 4) is 0 Å². The number of nitrogens with zero attached hydrogens (tertiary/aromatic N) is 1. The molecule has 7 N–H and O–H groups in total. The van der Waals surface area contributed by atoms with Gasteiger partial charge in [0.25, 0.3) is 0 Å². The van der Waals surface area contributed by atoms with Crippen molar-refractivity contribution in [2.24, 2.45) is 17.4 Å². The summed E-state index contributed by atoms with van der Waals surface area (Å²) < 4.78 is 0. The fraction of sp³-hybridized carbons (Fsp3) is 0.688. The number of nitrogens with one attached hydrogen (secondary N) is 2. The molecule has 0 bridgehead atoms. The van der Waals surface area contributed by atoms with Crippen molar-refractivity contribution in [1.29, 1.82) is 0 Å². The van der Waals surface area contributed by atoms with Crippen molar-refractivity contribution < 1.29 is 29.1 Å². The summed E-state index contributed by atoms with van der Waals surface area (Å²) in [6.07, 6.45) is 0.497. The van der Waals surface area contributed by atoms with Crippen molar-refractivity contribution in [3.05, 3.63) is 0 Å². The number of carboxylic acids is 1. The molecule has 0 radical (unpaired) electrons. The second-order valence-electron chi connectivity index (χ2n) is 6.75. The Bertz CT molecular complexity index is 608. The van der Waals surface area contributed by atoms with Gasteiger partial charge in [-0.1, -0.05) is 13.8 Å². The van der Waals surface area contributed by atoms with E-state index in [1.54, 1.807) is 13.8 Å². The minimum Gasteiger partial charge on any atom is -0.480 e. The Kier molecular flexibility index (Phi) is 8.16. The quantitative estimate of drug-likeness (QED) is 0.291. The Morgan fingerprint density at radius 1 is 1.19 bits per heavy atom. The standard InChI is InChI=1S/C16H27N5O6/c1-8(2)13(16(26)27)20-14(24)9(6-11(18)22)19-15(25)10-4-3-5-21(10)12(23)7-17/h8-10,13H,3-7,17H2,1-2H3,(H2,18,22)(H,19,25)(H,20,24)(H,26,27). The molecule has 1 saturated heterocycles. The third kappa shape index (κ3) is 6.20. The van der Waals surface area contributed by atoms with E-state index in [0.717, 1.165) is 0 Å². The van der Waals surface area contributed by atoms with Crippen LogP contribution in [0.15, 0.2) is 0 Å². The van der Waals surface area contributed by atoms with Crippen LogP contribution < -0.4 is 22.1 Å². The molecule has 0 saturated carbocycles. The molecule has 1 rings (SSSR count). The zero-order valence-electron chi connectivity index (χ0n) is 15.4. The van der Waals surface area contributed by atoms with Gasteiger partial charge in [-0.3, -0.25) is 19.2 Å². The number of aliphatic carboxylic acids is 1. The van der Waals surface area contributed by atoms with Gasteiger partial charge in [0.05, 0.1) is 13.0 Å². The monoisotopic (exact) mass is 385 g/mol. The Morgan fingerprint density at radius 3 is 2.30 bits per heavy atom. The third-order valence-corrected chi connectivity index (χ3v) is 4.32. The van der Waals surface area contributed by atoms with Crippen molar-refractivity contribution in [3.63, 3.8) is 0 Å². The second kappa shape index (κ2) is 9.86.